The van der Waals surface area contributed by atoms with Crippen LogP contribution in [-0.4, -0.2) is 47.9 Å². The molecule has 0 spiro atoms. The minimum Gasteiger partial charge on any atom is -0.368 e. The Hall–Kier alpha value is -2.12. The Morgan fingerprint density at radius 3 is 2.52 bits per heavy atom. The molecule has 0 bridgehead atoms. The fraction of sp³-hybridized carbons (Fsp3) is 0.353. The van der Waals surface area contributed by atoms with E-state index >= 15 is 0 Å². The largest absolute Gasteiger partial charge is 0.368 e. The number of rotatable bonds is 4. The molecule has 8 heteroatoms. The SMILES string of the molecule is CC(=O)Nc1nc(CC(=O)N2CCN(c3ccc(Cl)cc3)CC2)cs1. The van der Waals surface area contributed by atoms with Crippen molar-refractivity contribution < 1.29 is 9.59 Å². The molecule has 6 nitrogen and oxygen atoms in total. The number of piperazine rings is 1. The van der Waals surface area contributed by atoms with Gasteiger partial charge in [0.15, 0.2) is 5.13 Å². The second kappa shape index (κ2) is 7.84. The molecule has 25 heavy (non-hydrogen) atoms. The van der Waals surface area contributed by atoms with Gasteiger partial charge in [0.05, 0.1) is 12.1 Å². The predicted octanol–water partition coefficient (Wildman–Crippen LogP) is 2.65. The number of amides is 2. The van der Waals surface area contributed by atoms with Crippen LogP contribution in [0.5, 0.6) is 0 Å². The number of thiazole rings is 1. The zero-order valence-electron chi connectivity index (χ0n) is 13.9. The summed E-state index contributed by atoms with van der Waals surface area (Å²) >= 11 is 7.25. The first-order valence-corrected chi connectivity index (χ1v) is 9.27. The maximum atomic E-state index is 12.5. The summed E-state index contributed by atoms with van der Waals surface area (Å²) in [5.41, 5.74) is 1.81. The number of carbonyl (C=O) groups is 2. The van der Waals surface area contributed by atoms with Gasteiger partial charge in [-0.3, -0.25) is 9.59 Å². The van der Waals surface area contributed by atoms with Crippen LogP contribution in [0.4, 0.5) is 10.8 Å². The van der Waals surface area contributed by atoms with E-state index in [4.69, 9.17) is 11.6 Å². The van der Waals surface area contributed by atoms with E-state index < -0.39 is 0 Å². The van der Waals surface area contributed by atoms with E-state index in [1.54, 1.807) is 0 Å². The van der Waals surface area contributed by atoms with Crippen LogP contribution in [0.25, 0.3) is 0 Å². The summed E-state index contributed by atoms with van der Waals surface area (Å²) in [6.07, 6.45) is 0.261. The standard InChI is InChI=1S/C17H19ClN4O2S/c1-12(23)19-17-20-14(11-25-17)10-16(24)22-8-6-21(7-9-22)15-4-2-13(18)3-5-15/h2-5,11H,6-10H2,1H3,(H,19,20,23). The Kier molecular flexibility index (Phi) is 5.55. The summed E-state index contributed by atoms with van der Waals surface area (Å²) in [4.78, 5) is 31.9. The number of hydrogen-bond acceptors (Lipinski definition) is 5. The van der Waals surface area contributed by atoms with Gasteiger partial charge in [-0.05, 0) is 24.3 Å². The van der Waals surface area contributed by atoms with Crippen molar-refractivity contribution in [3.63, 3.8) is 0 Å². The number of nitrogens with one attached hydrogen (secondary N) is 1. The van der Waals surface area contributed by atoms with E-state index in [9.17, 15) is 9.59 Å². The maximum Gasteiger partial charge on any atom is 0.228 e. The topological polar surface area (TPSA) is 65.5 Å². The first-order chi connectivity index (χ1) is 12.0. The Morgan fingerprint density at radius 1 is 1.20 bits per heavy atom. The average molecular weight is 379 g/mol. The van der Waals surface area contributed by atoms with Crippen LogP contribution < -0.4 is 10.2 Å². The van der Waals surface area contributed by atoms with Crippen LogP contribution >= 0.6 is 22.9 Å². The summed E-state index contributed by atoms with van der Waals surface area (Å²) in [5, 5.41) is 5.70. The minimum absolute atomic E-state index is 0.0652. The number of hydrogen-bond donors (Lipinski definition) is 1. The monoisotopic (exact) mass is 378 g/mol. The molecule has 1 aromatic heterocycles. The quantitative estimate of drug-likeness (QED) is 0.888. The van der Waals surface area contributed by atoms with Gasteiger partial charge in [-0.25, -0.2) is 4.98 Å². The molecule has 1 N–H and O–H groups in total. The molecular weight excluding hydrogens is 360 g/mol. The number of nitrogens with zero attached hydrogens (tertiary/aromatic N) is 3. The molecule has 2 heterocycles. The van der Waals surface area contributed by atoms with Gasteiger partial charge in [0.2, 0.25) is 11.8 Å². The van der Waals surface area contributed by atoms with Gasteiger partial charge in [-0.1, -0.05) is 11.6 Å². The molecule has 3 rings (SSSR count). The average Bonchev–Trinajstić information content (AvgIpc) is 3.02. The van der Waals surface area contributed by atoms with E-state index in [1.807, 2.05) is 34.5 Å². The molecule has 0 unspecified atom stereocenters. The van der Waals surface area contributed by atoms with Crippen molar-refractivity contribution >= 4 is 45.6 Å². The second-order valence-corrected chi connectivity index (χ2v) is 7.14. The fourth-order valence-corrected chi connectivity index (χ4v) is 3.61. The molecule has 132 valence electrons. The highest BCUT2D eigenvalue weighted by Gasteiger charge is 2.22. The summed E-state index contributed by atoms with van der Waals surface area (Å²) in [5.74, 6) is -0.0963. The Bertz CT molecular complexity index is 754. The third-order valence-electron chi connectivity index (χ3n) is 3.99. The van der Waals surface area contributed by atoms with Crippen LogP contribution in [0.1, 0.15) is 12.6 Å². The molecule has 2 aromatic rings. The predicted molar refractivity (Wildman–Crippen MR) is 100 cm³/mol. The third kappa shape index (κ3) is 4.70. The summed E-state index contributed by atoms with van der Waals surface area (Å²) in [6.45, 7) is 4.39. The van der Waals surface area contributed by atoms with E-state index in [1.165, 1.54) is 18.3 Å². The van der Waals surface area contributed by atoms with Crippen molar-refractivity contribution in [1.82, 2.24) is 9.88 Å². The second-order valence-electron chi connectivity index (χ2n) is 5.85. The van der Waals surface area contributed by atoms with Crippen molar-refractivity contribution in [1.29, 1.82) is 0 Å². The first kappa shape index (κ1) is 17.7. The normalized spacial score (nSPS) is 14.5. The van der Waals surface area contributed by atoms with Crippen LogP contribution in [-0.2, 0) is 16.0 Å². The lowest BCUT2D eigenvalue weighted by atomic mass is 10.2. The van der Waals surface area contributed by atoms with Crippen molar-refractivity contribution in [2.45, 2.75) is 13.3 Å². The Morgan fingerprint density at radius 2 is 1.88 bits per heavy atom. The van der Waals surface area contributed by atoms with Crippen LogP contribution in [0, 0.1) is 0 Å². The highest BCUT2D eigenvalue weighted by atomic mass is 35.5. The van der Waals surface area contributed by atoms with Gasteiger partial charge in [0.1, 0.15) is 0 Å². The van der Waals surface area contributed by atoms with Gasteiger partial charge >= 0.3 is 0 Å². The molecule has 0 aliphatic carbocycles. The lowest BCUT2D eigenvalue weighted by molar-refractivity contribution is -0.130. The molecule has 0 saturated carbocycles. The van der Waals surface area contributed by atoms with Crippen LogP contribution in [0.15, 0.2) is 29.6 Å². The number of anilines is 2. The number of carbonyl (C=O) groups excluding carboxylic acids is 2. The molecule has 0 atom stereocenters. The molecule has 1 fully saturated rings. The zero-order chi connectivity index (χ0) is 17.8. The van der Waals surface area contributed by atoms with Crippen molar-refractivity contribution in [3.8, 4) is 0 Å². The minimum atomic E-state index is -0.162. The van der Waals surface area contributed by atoms with Gasteiger partial charge in [0.25, 0.3) is 0 Å². The number of halogens is 1. The molecule has 1 aliphatic rings. The molecular formula is C17H19ClN4O2S. The Labute approximate surface area is 155 Å². The molecule has 0 radical (unpaired) electrons. The lowest BCUT2D eigenvalue weighted by Gasteiger charge is -2.36. The van der Waals surface area contributed by atoms with Crippen molar-refractivity contribution in [2.75, 3.05) is 36.4 Å². The summed E-state index contributed by atoms with van der Waals surface area (Å²) in [7, 11) is 0. The first-order valence-electron chi connectivity index (χ1n) is 8.01. The van der Waals surface area contributed by atoms with Crippen LogP contribution in [0.3, 0.4) is 0 Å². The van der Waals surface area contributed by atoms with Crippen molar-refractivity contribution in [2.24, 2.45) is 0 Å². The van der Waals surface area contributed by atoms with Gasteiger partial charge < -0.3 is 15.1 Å². The van der Waals surface area contributed by atoms with E-state index in [0.29, 0.717) is 23.9 Å². The molecule has 1 aromatic carbocycles. The number of benzene rings is 1. The maximum absolute atomic E-state index is 12.5. The molecule has 2 amide bonds. The van der Waals surface area contributed by atoms with Gasteiger partial charge in [0, 0.05) is 49.2 Å². The van der Waals surface area contributed by atoms with E-state index in [0.717, 1.165) is 23.8 Å². The highest BCUT2D eigenvalue weighted by Crippen LogP contribution is 2.20. The molecule has 1 saturated heterocycles. The lowest BCUT2D eigenvalue weighted by Crippen LogP contribution is -2.49. The summed E-state index contributed by atoms with van der Waals surface area (Å²) in [6, 6.07) is 7.75. The van der Waals surface area contributed by atoms with Gasteiger partial charge in [-0.2, -0.15) is 0 Å². The van der Waals surface area contributed by atoms with Crippen molar-refractivity contribution in [3.05, 3.63) is 40.4 Å². The molecule has 1 aliphatic heterocycles. The fourth-order valence-electron chi connectivity index (χ4n) is 2.73. The van der Waals surface area contributed by atoms with E-state index in [2.05, 4.69) is 15.2 Å². The smallest absolute Gasteiger partial charge is 0.228 e. The number of aromatic nitrogens is 1. The summed E-state index contributed by atoms with van der Waals surface area (Å²) < 4.78 is 0. The highest BCUT2D eigenvalue weighted by molar-refractivity contribution is 7.13. The van der Waals surface area contributed by atoms with Gasteiger partial charge in [-0.15, -0.1) is 11.3 Å². The Balaban J connectivity index is 1.52. The zero-order valence-corrected chi connectivity index (χ0v) is 15.4. The van der Waals surface area contributed by atoms with E-state index in [-0.39, 0.29) is 18.2 Å². The van der Waals surface area contributed by atoms with Crippen LogP contribution in [0.2, 0.25) is 5.02 Å². The third-order valence-corrected chi connectivity index (χ3v) is 5.05.